The van der Waals surface area contributed by atoms with Crippen molar-refractivity contribution in [2.24, 2.45) is 0 Å². The molecule has 3 rings (SSSR count). The molecule has 0 bridgehead atoms. The van der Waals surface area contributed by atoms with E-state index in [-0.39, 0.29) is 16.8 Å². The van der Waals surface area contributed by atoms with Crippen molar-refractivity contribution in [3.05, 3.63) is 65.6 Å². The van der Waals surface area contributed by atoms with Crippen molar-refractivity contribution >= 4 is 5.91 Å². The summed E-state index contributed by atoms with van der Waals surface area (Å²) in [4.78, 5) is 20.3. The number of pyridine rings is 1. The first-order valence-corrected chi connectivity index (χ1v) is 8.33. The first-order valence-electron chi connectivity index (χ1n) is 8.33. The zero-order valence-corrected chi connectivity index (χ0v) is 14.9. The summed E-state index contributed by atoms with van der Waals surface area (Å²) in [5.74, 6) is -0.974. The third kappa shape index (κ3) is 4.74. The van der Waals surface area contributed by atoms with Crippen LogP contribution in [0.15, 0.2) is 42.9 Å². The number of alkyl halides is 3. The first-order chi connectivity index (χ1) is 13.6. The fourth-order valence-corrected chi connectivity index (χ4v) is 2.60. The molecule has 0 fully saturated rings. The normalized spacial score (nSPS) is 13.7. The van der Waals surface area contributed by atoms with Crippen LogP contribution in [0.2, 0.25) is 0 Å². The third-order valence-corrected chi connectivity index (χ3v) is 4.06. The van der Waals surface area contributed by atoms with Gasteiger partial charge < -0.3 is 10.4 Å². The Morgan fingerprint density at radius 2 is 1.97 bits per heavy atom. The second-order valence-electron chi connectivity index (χ2n) is 6.22. The van der Waals surface area contributed by atoms with Crippen molar-refractivity contribution in [3.63, 3.8) is 0 Å². The molecular weight excluding hydrogens is 394 g/mol. The number of hydrogen-bond donors (Lipinski definition) is 3. The van der Waals surface area contributed by atoms with E-state index in [1.165, 1.54) is 18.5 Å². The van der Waals surface area contributed by atoms with Crippen molar-refractivity contribution in [3.8, 4) is 11.3 Å². The van der Waals surface area contributed by atoms with Gasteiger partial charge in [0.15, 0.2) is 6.10 Å². The van der Waals surface area contributed by atoms with Gasteiger partial charge in [0.05, 0.1) is 17.9 Å². The van der Waals surface area contributed by atoms with Gasteiger partial charge in [-0.25, -0.2) is 9.37 Å². The molecule has 0 radical (unpaired) electrons. The quantitative estimate of drug-likeness (QED) is 0.562. The van der Waals surface area contributed by atoms with Gasteiger partial charge >= 0.3 is 6.18 Å². The highest BCUT2D eigenvalue weighted by Crippen LogP contribution is 2.34. The van der Waals surface area contributed by atoms with Crippen LogP contribution in [0.3, 0.4) is 0 Å². The van der Waals surface area contributed by atoms with Gasteiger partial charge in [-0.2, -0.15) is 18.3 Å². The topological polar surface area (TPSA) is 104 Å². The van der Waals surface area contributed by atoms with Gasteiger partial charge in [0.25, 0.3) is 5.91 Å². The summed E-state index contributed by atoms with van der Waals surface area (Å²) >= 11 is 0. The number of H-pyrrole nitrogens is 1. The summed E-state index contributed by atoms with van der Waals surface area (Å²) in [7, 11) is 0. The Labute approximate surface area is 161 Å². The lowest BCUT2D eigenvalue weighted by Crippen LogP contribution is -2.28. The maximum absolute atomic E-state index is 13.1. The lowest BCUT2D eigenvalue weighted by atomic mass is 9.99. The molecular formula is C18H15F4N5O2. The zero-order valence-electron chi connectivity index (χ0n) is 14.9. The molecule has 0 aliphatic carbocycles. The monoisotopic (exact) mass is 409 g/mol. The average molecular weight is 409 g/mol. The lowest BCUT2D eigenvalue weighted by Gasteiger charge is -2.18. The second-order valence-corrected chi connectivity index (χ2v) is 6.22. The van der Waals surface area contributed by atoms with Crippen molar-refractivity contribution in [2.45, 2.75) is 25.2 Å². The number of aromatic nitrogens is 4. The predicted molar refractivity (Wildman–Crippen MR) is 92.9 cm³/mol. The second kappa shape index (κ2) is 7.95. The highest BCUT2D eigenvalue weighted by Gasteiger charge is 2.39. The number of aromatic amines is 1. The standard InChI is InChI=1S/C18H15F4N5O2/c1-9(16-24-8-25-27-16)26-17(29)12-5-10(14-3-2-13(19)7-23-14)4-11(6-12)15(28)18(20,21)22/h2-9,15,28H,1H3,(H,26,29)(H,24,25,27). The van der Waals surface area contributed by atoms with Gasteiger partial charge in [-0.3, -0.25) is 14.9 Å². The van der Waals surface area contributed by atoms with Crippen LogP contribution in [-0.4, -0.2) is 37.4 Å². The molecule has 3 aromatic rings. The van der Waals surface area contributed by atoms with Crippen molar-refractivity contribution in [1.29, 1.82) is 0 Å². The van der Waals surface area contributed by atoms with Gasteiger partial charge in [0.2, 0.25) is 0 Å². The maximum atomic E-state index is 13.1. The number of rotatable bonds is 5. The lowest BCUT2D eigenvalue weighted by molar-refractivity contribution is -0.206. The summed E-state index contributed by atoms with van der Waals surface area (Å²) in [6.45, 7) is 1.61. The highest BCUT2D eigenvalue weighted by atomic mass is 19.4. The third-order valence-electron chi connectivity index (χ3n) is 4.06. The van der Waals surface area contributed by atoms with E-state index in [1.807, 2.05) is 0 Å². The van der Waals surface area contributed by atoms with Crippen LogP contribution in [0.4, 0.5) is 17.6 Å². The molecule has 0 saturated heterocycles. The number of halogens is 4. The molecule has 2 unspecified atom stereocenters. The van der Waals surface area contributed by atoms with Crippen LogP contribution in [-0.2, 0) is 0 Å². The van der Waals surface area contributed by atoms with Crippen LogP contribution in [0.1, 0.15) is 40.8 Å². The molecule has 29 heavy (non-hydrogen) atoms. The molecule has 152 valence electrons. The number of carbonyl (C=O) groups excluding carboxylic acids is 1. The Morgan fingerprint density at radius 1 is 1.21 bits per heavy atom. The smallest absolute Gasteiger partial charge is 0.379 e. The minimum Gasteiger partial charge on any atom is -0.379 e. The first kappa shape index (κ1) is 20.4. The minimum atomic E-state index is -4.93. The van der Waals surface area contributed by atoms with Gasteiger partial charge in [0, 0.05) is 11.1 Å². The van der Waals surface area contributed by atoms with Crippen LogP contribution >= 0.6 is 0 Å². The maximum Gasteiger partial charge on any atom is 0.418 e. The average Bonchev–Trinajstić information content (AvgIpc) is 3.22. The zero-order chi connectivity index (χ0) is 21.2. The van der Waals surface area contributed by atoms with Gasteiger partial charge in [-0.1, -0.05) is 0 Å². The Morgan fingerprint density at radius 3 is 2.55 bits per heavy atom. The summed E-state index contributed by atoms with van der Waals surface area (Å²) in [6.07, 6.45) is -5.60. The fraction of sp³-hybridized carbons (Fsp3) is 0.222. The van der Waals surface area contributed by atoms with E-state index in [4.69, 9.17) is 0 Å². The number of benzene rings is 1. The highest BCUT2D eigenvalue weighted by molar-refractivity contribution is 5.95. The van der Waals surface area contributed by atoms with E-state index < -0.39 is 35.6 Å². The Kier molecular flexibility index (Phi) is 5.59. The number of carbonyl (C=O) groups is 1. The number of aliphatic hydroxyl groups is 1. The minimum absolute atomic E-state index is 0.114. The van der Waals surface area contributed by atoms with Gasteiger partial charge in [-0.05, 0) is 42.8 Å². The number of hydrogen-bond acceptors (Lipinski definition) is 5. The summed E-state index contributed by atoms with van der Waals surface area (Å²) < 4.78 is 52.2. The molecule has 0 aliphatic rings. The molecule has 2 heterocycles. The van der Waals surface area contributed by atoms with Gasteiger partial charge in [0.1, 0.15) is 18.0 Å². The molecule has 3 N–H and O–H groups in total. The molecule has 2 aromatic heterocycles. The van der Waals surface area contributed by atoms with E-state index in [1.54, 1.807) is 6.92 Å². The molecule has 1 aromatic carbocycles. The van der Waals surface area contributed by atoms with Crippen LogP contribution < -0.4 is 5.32 Å². The van der Waals surface area contributed by atoms with Crippen molar-refractivity contribution in [2.75, 3.05) is 0 Å². The molecule has 2 atom stereocenters. The Hall–Kier alpha value is -3.34. The Balaban J connectivity index is 1.99. The number of nitrogens with one attached hydrogen (secondary N) is 2. The molecule has 0 spiro atoms. The SMILES string of the molecule is CC(NC(=O)c1cc(-c2ccc(F)cn2)cc(C(O)C(F)(F)F)c1)c1ncn[nH]1. The van der Waals surface area contributed by atoms with E-state index in [0.717, 1.165) is 24.4 Å². The molecule has 0 saturated carbocycles. The van der Waals surface area contributed by atoms with E-state index in [0.29, 0.717) is 5.82 Å². The molecule has 11 heteroatoms. The van der Waals surface area contributed by atoms with Crippen LogP contribution in [0.25, 0.3) is 11.3 Å². The van der Waals surface area contributed by atoms with E-state index in [9.17, 15) is 27.5 Å². The molecule has 1 amide bonds. The predicted octanol–water partition coefficient (Wildman–Crippen LogP) is 3.09. The van der Waals surface area contributed by atoms with E-state index >= 15 is 0 Å². The van der Waals surface area contributed by atoms with E-state index in [2.05, 4.69) is 25.5 Å². The molecule has 7 nitrogen and oxygen atoms in total. The van der Waals surface area contributed by atoms with Crippen molar-refractivity contribution in [1.82, 2.24) is 25.5 Å². The van der Waals surface area contributed by atoms with Gasteiger partial charge in [-0.15, -0.1) is 0 Å². The van der Waals surface area contributed by atoms with Crippen LogP contribution in [0.5, 0.6) is 0 Å². The number of aliphatic hydroxyl groups excluding tert-OH is 1. The summed E-state index contributed by atoms with van der Waals surface area (Å²) in [5, 5.41) is 18.5. The summed E-state index contributed by atoms with van der Waals surface area (Å²) in [6, 6.07) is 5.03. The molecule has 0 aliphatic heterocycles. The number of amides is 1. The Bertz CT molecular complexity index is 990. The summed E-state index contributed by atoms with van der Waals surface area (Å²) in [5.41, 5.74) is -0.430. The fourth-order valence-electron chi connectivity index (χ4n) is 2.60. The van der Waals surface area contributed by atoms with Crippen LogP contribution in [0, 0.1) is 5.82 Å². The van der Waals surface area contributed by atoms with Crippen molar-refractivity contribution < 1.29 is 27.5 Å². The largest absolute Gasteiger partial charge is 0.418 e. The number of nitrogens with zero attached hydrogens (tertiary/aromatic N) is 3.